The van der Waals surface area contributed by atoms with E-state index >= 15 is 0 Å². The first kappa shape index (κ1) is 5.71. The van der Waals surface area contributed by atoms with Crippen LogP contribution in [0.1, 0.15) is 12.8 Å². The minimum absolute atomic E-state index is 0.357. The third-order valence-corrected chi connectivity index (χ3v) is 2.17. The van der Waals surface area contributed by atoms with Gasteiger partial charge in [-0.15, -0.1) is 23.2 Å². The lowest BCUT2D eigenvalue weighted by Gasteiger charge is -1.89. The molecule has 0 saturated heterocycles. The number of alkyl halides is 2. The summed E-state index contributed by atoms with van der Waals surface area (Å²) >= 11 is 11.2. The van der Waals surface area contributed by atoms with Gasteiger partial charge in [-0.2, -0.15) is 0 Å². The summed E-state index contributed by atoms with van der Waals surface area (Å²) in [5.41, 5.74) is 0. The highest BCUT2D eigenvalue weighted by Gasteiger charge is 2.49. The van der Waals surface area contributed by atoms with Crippen LogP contribution >= 0.6 is 23.2 Å². The van der Waals surface area contributed by atoms with Crippen molar-refractivity contribution in [1.29, 1.82) is 0 Å². The van der Waals surface area contributed by atoms with Crippen molar-refractivity contribution >= 4 is 23.2 Å². The van der Waals surface area contributed by atoms with Crippen LogP contribution in [0, 0.1) is 12.8 Å². The Balaban J connectivity index is 2.30. The lowest BCUT2D eigenvalue weighted by molar-refractivity contribution is 0.846. The van der Waals surface area contributed by atoms with Gasteiger partial charge in [0.25, 0.3) is 0 Å². The third-order valence-electron chi connectivity index (χ3n) is 1.24. The topological polar surface area (TPSA) is 0 Å². The van der Waals surface area contributed by atoms with E-state index in [0.29, 0.717) is 12.3 Å². The maximum Gasteiger partial charge on any atom is 0.121 e. The molecular formula is C5H6Cl2. The number of hydrogen-bond donors (Lipinski definition) is 0. The zero-order valence-corrected chi connectivity index (χ0v) is 5.34. The molecule has 0 amide bonds. The van der Waals surface area contributed by atoms with Crippen LogP contribution in [0.2, 0.25) is 0 Å². The molecule has 0 aromatic heterocycles. The Labute approximate surface area is 53.8 Å². The summed E-state index contributed by atoms with van der Waals surface area (Å²) in [4.78, 5) is 0. The normalized spacial score (nSPS) is 35.6. The first-order valence-corrected chi connectivity index (χ1v) is 3.00. The van der Waals surface area contributed by atoms with E-state index in [4.69, 9.17) is 30.1 Å². The Kier molecular flexibility index (Phi) is 1.25. The molecule has 0 spiro atoms. The Morgan fingerprint density at radius 2 is 2.14 bits per heavy atom. The summed E-state index contributed by atoms with van der Waals surface area (Å²) in [6.45, 7) is 5.24. The largest absolute Gasteiger partial charge is 0.121 e. The quantitative estimate of drug-likeness (QED) is 0.486. The van der Waals surface area contributed by atoms with Gasteiger partial charge in [-0.05, 0) is 25.7 Å². The van der Waals surface area contributed by atoms with E-state index in [2.05, 4.69) is 0 Å². The van der Waals surface area contributed by atoms with Crippen molar-refractivity contribution in [3.05, 3.63) is 6.92 Å². The van der Waals surface area contributed by atoms with Crippen molar-refractivity contribution in [1.82, 2.24) is 0 Å². The molecule has 0 N–H and O–H groups in total. The zero-order chi connectivity index (χ0) is 5.49. The van der Waals surface area contributed by atoms with Crippen LogP contribution in [0.4, 0.5) is 0 Å². The van der Waals surface area contributed by atoms with Gasteiger partial charge in [0.1, 0.15) is 4.33 Å². The second kappa shape index (κ2) is 1.53. The molecule has 0 heterocycles. The third kappa shape index (κ3) is 1.03. The van der Waals surface area contributed by atoms with Crippen LogP contribution in [-0.2, 0) is 0 Å². The van der Waals surface area contributed by atoms with Crippen molar-refractivity contribution < 1.29 is 0 Å². The van der Waals surface area contributed by atoms with Gasteiger partial charge in [0.2, 0.25) is 0 Å². The molecule has 0 aliphatic heterocycles. The average molecular weight is 137 g/mol. The summed E-state index contributed by atoms with van der Waals surface area (Å²) in [5, 5.41) is 0. The summed E-state index contributed by atoms with van der Waals surface area (Å²) in [5.74, 6) is 0.357. The lowest BCUT2D eigenvalue weighted by atomic mass is 10.3. The van der Waals surface area contributed by atoms with Crippen molar-refractivity contribution in [2.45, 2.75) is 17.2 Å². The van der Waals surface area contributed by atoms with E-state index in [9.17, 15) is 0 Å². The highest BCUT2D eigenvalue weighted by molar-refractivity contribution is 6.50. The first-order chi connectivity index (χ1) is 3.17. The Hall–Kier alpha value is 0.580. The molecule has 7 heavy (non-hydrogen) atoms. The van der Waals surface area contributed by atoms with Crippen LogP contribution in [0.3, 0.4) is 0 Å². The Morgan fingerprint density at radius 1 is 1.71 bits per heavy atom. The highest BCUT2D eigenvalue weighted by atomic mass is 35.5. The molecule has 2 heteroatoms. The molecule has 1 aliphatic rings. The van der Waals surface area contributed by atoms with Crippen LogP contribution < -0.4 is 0 Å². The van der Waals surface area contributed by atoms with Gasteiger partial charge in [-0.3, -0.25) is 0 Å². The van der Waals surface area contributed by atoms with Crippen LogP contribution in [0.5, 0.6) is 0 Å². The minimum Gasteiger partial charge on any atom is -0.101 e. The van der Waals surface area contributed by atoms with Gasteiger partial charge in [-0.25, -0.2) is 0 Å². The molecular weight excluding hydrogens is 131 g/mol. The Morgan fingerprint density at radius 3 is 2.14 bits per heavy atom. The summed E-state index contributed by atoms with van der Waals surface area (Å²) < 4.78 is -0.464. The molecule has 1 atom stereocenters. The van der Waals surface area contributed by atoms with Gasteiger partial charge in [0, 0.05) is 0 Å². The van der Waals surface area contributed by atoms with E-state index in [0.717, 1.165) is 6.42 Å². The summed E-state index contributed by atoms with van der Waals surface area (Å²) in [6, 6.07) is 0. The van der Waals surface area contributed by atoms with Crippen LogP contribution in [0.25, 0.3) is 0 Å². The fraction of sp³-hybridized carbons (Fsp3) is 0.800. The predicted octanol–water partition coefficient (Wildman–Crippen LogP) is 2.28. The van der Waals surface area contributed by atoms with Crippen LogP contribution in [0.15, 0.2) is 0 Å². The van der Waals surface area contributed by atoms with E-state index in [1.54, 1.807) is 0 Å². The van der Waals surface area contributed by atoms with Crippen molar-refractivity contribution in [2.24, 2.45) is 5.92 Å². The molecule has 1 rings (SSSR count). The van der Waals surface area contributed by atoms with E-state index in [1.807, 2.05) is 0 Å². The molecule has 1 unspecified atom stereocenters. The standard InChI is InChI=1S/C5H6Cl2/c1-2-4-3-5(4,6)7/h1,4H,2-3H2. The average Bonchev–Trinajstić information content (AvgIpc) is 2.13. The zero-order valence-electron chi connectivity index (χ0n) is 3.82. The van der Waals surface area contributed by atoms with Gasteiger partial charge in [0.15, 0.2) is 0 Å². The van der Waals surface area contributed by atoms with E-state index < -0.39 is 4.33 Å². The molecule has 0 aromatic carbocycles. The number of hydrogen-bond acceptors (Lipinski definition) is 0. The van der Waals surface area contributed by atoms with Crippen molar-refractivity contribution in [2.75, 3.05) is 0 Å². The second-order valence-electron chi connectivity index (χ2n) is 1.90. The second-order valence-corrected chi connectivity index (χ2v) is 3.44. The SMILES string of the molecule is [CH]CC1CC1(Cl)Cl. The van der Waals surface area contributed by atoms with Crippen molar-refractivity contribution in [3.8, 4) is 0 Å². The number of halogens is 2. The monoisotopic (exact) mass is 136 g/mol. The molecule has 0 bridgehead atoms. The smallest absolute Gasteiger partial charge is 0.101 e. The minimum atomic E-state index is -0.464. The van der Waals surface area contributed by atoms with Crippen LogP contribution in [-0.4, -0.2) is 4.33 Å². The fourth-order valence-corrected chi connectivity index (χ4v) is 1.08. The first-order valence-electron chi connectivity index (χ1n) is 2.24. The Bertz CT molecular complexity index is 78.1. The van der Waals surface area contributed by atoms with Gasteiger partial charge in [-0.1, -0.05) is 0 Å². The fourth-order valence-electron chi connectivity index (χ4n) is 0.525. The molecule has 40 valence electrons. The van der Waals surface area contributed by atoms with Gasteiger partial charge in [0.05, 0.1) is 0 Å². The summed E-state index contributed by atoms with van der Waals surface area (Å²) in [7, 11) is 0. The van der Waals surface area contributed by atoms with Gasteiger partial charge < -0.3 is 0 Å². The lowest BCUT2D eigenvalue weighted by Crippen LogP contribution is -1.86. The van der Waals surface area contributed by atoms with Gasteiger partial charge >= 0.3 is 0 Å². The summed E-state index contributed by atoms with van der Waals surface area (Å²) in [6.07, 6.45) is 1.49. The highest BCUT2D eigenvalue weighted by Crippen LogP contribution is 2.54. The maximum atomic E-state index is 5.59. The molecule has 1 saturated carbocycles. The molecule has 2 radical (unpaired) electrons. The van der Waals surface area contributed by atoms with E-state index in [-0.39, 0.29) is 0 Å². The molecule has 1 fully saturated rings. The molecule has 1 aliphatic carbocycles. The maximum absolute atomic E-state index is 5.59. The van der Waals surface area contributed by atoms with E-state index in [1.165, 1.54) is 0 Å². The number of rotatable bonds is 1. The van der Waals surface area contributed by atoms with Crippen molar-refractivity contribution in [3.63, 3.8) is 0 Å². The predicted molar refractivity (Wildman–Crippen MR) is 31.5 cm³/mol. The molecule has 0 aromatic rings. The molecule has 0 nitrogen and oxygen atoms in total.